The third-order valence-corrected chi connectivity index (χ3v) is 5.38. The summed E-state index contributed by atoms with van der Waals surface area (Å²) in [6.45, 7) is 1.88. The molecule has 0 fully saturated rings. The van der Waals surface area contributed by atoms with Crippen LogP contribution < -0.4 is 10.1 Å². The van der Waals surface area contributed by atoms with Gasteiger partial charge in [0.05, 0.1) is 11.1 Å². The molecule has 0 atom stereocenters. The lowest BCUT2D eigenvalue weighted by atomic mass is 10.2. The van der Waals surface area contributed by atoms with Crippen LogP contribution in [-0.4, -0.2) is 25.6 Å². The van der Waals surface area contributed by atoms with Crippen LogP contribution in [0.2, 0.25) is 0 Å². The van der Waals surface area contributed by atoms with Crippen LogP contribution in [0, 0.1) is 6.92 Å². The van der Waals surface area contributed by atoms with Crippen LogP contribution >= 0.6 is 0 Å². The predicted octanol–water partition coefficient (Wildman–Crippen LogP) is 3.27. The zero-order valence-electron chi connectivity index (χ0n) is 15.5. The summed E-state index contributed by atoms with van der Waals surface area (Å²) in [7, 11) is -3.71. The molecule has 0 aliphatic heterocycles. The van der Waals surface area contributed by atoms with Gasteiger partial charge in [-0.3, -0.25) is 9.52 Å². The van der Waals surface area contributed by atoms with Crippen molar-refractivity contribution >= 4 is 27.8 Å². The molecule has 3 rings (SSSR count). The standard InChI is InChI=1S/C21H19N3O4S/c1-15-5-11-20(12-6-15)29(27,28)24-18-9-7-17(8-10-18)21(26)23-22-14-16-3-2-4-19(25)13-16/h2-14,24-25H,1H3,(H,23,26). The molecular formula is C21H19N3O4S. The smallest absolute Gasteiger partial charge is 0.271 e. The topological polar surface area (TPSA) is 108 Å². The number of amides is 1. The molecule has 3 N–H and O–H groups in total. The third-order valence-electron chi connectivity index (χ3n) is 3.98. The van der Waals surface area contributed by atoms with Gasteiger partial charge in [0, 0.05) is 11.3 Å². The number of carbonyl (C=O) groups is 1. The first-order valence-corrected chi connectivity index (χ1v) is 10.1. The molecule has 3 aromatic rings. The summed E-state index contributed by atoms with van der Waals surface area (Å²) < 4.78 is 27.3. The molecule has 1 amide bonds. The second kappa shape index (κ2) is 8.57. The third kappa shape index (κ3) is 5.43. The second-order valence-corrected chi connectivity index (χ2v) is 7.97. The van der Waals surface area contributed by atoms with E-state index < -0.39 is 15.9 Å². The molecule has 0 radical (unpaired) electrons. The molecule has 8 heteroatoms. The van der Waals surface area contributed by atoms with Crippen LogP contribution in [0.1, 0.15) is 21.5 Å². The zero-order valence-corrected chi connectivity index (χ0v) is 16.3. The number of rotatable bonds is 6. The van der Waals surface area contributed by atoms with Gasteiger partial charge >= 0.3 is 0 Å². The molecule has 0 unspecified atom stereocenters. The quantitative estimate of drug-likeness (QED) is 0.429. The molecule has 148 valence electrons. The molecular weight excluding hydrogens is 390 g/mol. The number of hydrogen-bond donors (Lipinski definition) is 3. The number of aryl methyl sites for hydroxylation is 1. The minimum Gasteiger partial charge on any atom is -0.508 e. The highest BCUT2D eigenvalue weighted by atomic mass is 32.2. The predicted molar refractivity (Wildman–Crippen MR) is 112 cm³/mol. The number of nitrogens with one attached hydrogen (secondary N) is 2. The van der Waals surface area contributed by atoms with E-state index in [-0.39, 0.29) is 10.6 Å². The Hall–Kier alpha value is -3.65. The minimum atomic E-state index is -3.71. The summed E-state index contributed by atoms with van der Waals surface area (Å²) in [6, 6.07) is 18.9. The van der Waals surface area contributed by atoms with Crippen LogP contribution in [0.4, 0.5) is 5.69 Å². The van der Waals surface area contributed by atoms with E-state index in [1.165, 1.54) is 54.7 Å². The SMILES string of the molecule is Cc1ccc(S(=O)(=O)Nc2ccc(C(=O)NN=Cc3cccc(O)c3)cc2)cc1. The van der Waals surface area contributed by atoms with Crippen molar-refractivity contribution in [1.29, 1.82) is 0 Å². The molecule has 0 saturated heterocycles. The van der Waals surface area contributed by atoms with Gasteiger partial charge in [-0.1, -0.05) is 29.8 Å². The maximum Gasteiger partial charge on any atom is 0.271 e. The normalized spacial score (nSPS) is 11.3. The largest absolute Gasteiger partial charge is 0.508 e. The maximum absolute atomic E-state index is 12.4. The van der Waals surface area contributed by atoms with Crippen molar-refractivity contribution in [3.05, 3.63) is 89.5 Å². The van der Waals surface area contributed by atoms with E-state index in [0.29, 0.717) is 16.8 Å². The summed E-state index contributed by atoms with van der Waals surface area (Å²) in [5.74, 6) is -0.349. The molecule has 3 aromatic carbocycles. The van der Waals surface area contributed by atoms with Crippen molar-refractivity contribution in [3.8, 4) is 5.75 Å². The van der Waals surface area contributed by atoms with Gasteiger partial charge in [0.25, 0.3) is 15.9 Å². The van der Waals surface area contributed by atoms with Gasteiger partial charge in [0.15, 0.2) is 0 Å². The fourth-order valence-electron chi connectivity index (χ4n) is 2.46. The van der Waals surface area contributed by atoms with Crippen molar-refractivity contribution in [3.63, 3.8) is 0 Å². The summed E-state index contributed by atoms with van der Waals surface area (Å²) in [5.41, 5.74) is 4.62. The van der Waals surface area contributed by atoms with E-state index in [1.54, 1.807) is 24.3 Å². The number of nitrogens with zero attached hydrogens (tertiary/aromatic N) is 1. The van der Waals surface area contributed by atoms with Gasteiger partial charge in [0.2, 0.25) is 0 Å². The highest BCUT2D eigenvalue weighted by molar-refractivity contribution is 7.92. The lowest BCUT2D eigenvalue weighted by Gasteiger charge is -2.09. The number of aromatic hydroxyl groups is 1. The van der Waals surface area contributed by atoms with Gasteiger partial charge in [-0.05, 0) is 61.0 Å². The van der Waals surface area contributed by atoms with Crippen molar-refractivity contribution in [1.82, 2.24) is 5.43 Å². The van der Waals surface area contributed by atoms with Crippen LogP contribution in [0.25, 0.3) is 0 Å². The molecule has 0 saturated carbocycles. The Bertz CT molecular complexity index is 1140. The number of anilines is 1. The molecule has 0 heterocycles. The van der Waals surface area contributed by atoms with Gasteiger partial charge in [-0.25, -0.2) is 13.8 Å². The second-order valence-electron chi connectivity index (χ2n) is 6.29. The Balaban J connectivity index is 1.63. The Kier molecular flexibility index (Phi) is 5.94. The fourth-order valence-corrected chi connectivity index (χ4v) is 3.51. The van der Waals surface area contributed by atoms with E-state index >= 15 is 0 Å². The number of hydrazone groups is 1. The number of sulfonamides is 1. The molecule has 0 aliphatic rings. The Morgan fingerprint density at radius 2 is 1.69 bits per heavy atom. The van der Waals surface area contributed by atoms with Crippen molar-refractivity contribution < 1.29 is 18.3 Å². The van der Waals surface area contributed by atoms with Crippen LogP contribution in [0.5, 0.6) is 5.75 Å². The van der Waals surface area contributed by atoms with E-state index in [4.69, 9.17) is 0 Å². The van der Waals surface area contributed by atoms with E-state index in [1.807, 2.05) is 6.92 Å². The van der Waals surface area contributed by atoms with Crippen molar-refractivity contribution in [2.45, 2.75) is 11.8 Å². The van der Waals surface area contributed by atoms with Crippen molar-refractivity contribution in [2.75, 3.05) is 4.72 Å². The number of benzene rings is 3. The van der Waals surface area contributed by atoms with E-state index in [0.717, 1.165) is 5.56 Å². The Morgan fingerprint density at radius 3 is 2.34 bits per heavy atom. The summed E-state index contributed by atoms with van der Waals surface area (Å²) in [6.07, 6.45) is 1.40. The molecule has 29 heavy (non-hydrogen) atoms. The summed E-state index contributed by atoms with van der Waals surface area (Å²) >= 11 is 0. The molecule has 0 spiro atoms. The minimum absolute atomic E-state index is 0.101. The van der Waals surface area contributed by atoms with Gasteiger partial charge in [-0.15, -0.1) is 0 Å². The van der Waals surface area contributed by atoms with Crippen molar-refractivity contribution in [2.24, 2.45) is 5.10 Å². The molecule has 0 aliphatic carbocycles. The summed E-state index contributed by atoms with van der Waals surface area (Å²) in [5, 5.41) is 13.2. The molecule has 0 bridgehead atoms. The van der Waals surface area contributed by atoms with Gasteiger partial charge in [-0.2, -0.15) is 5.10 Å². The number of hydrogen-bond acceptors (Lipinski definition) is 5. The van der Waals surface area contributed by atoms with E-state index in [2.05, 4.69) is 15.2 Å². The zero-order chi connectivity index (χ0) is 20.9. The number of phenolic OH excluding ortho intramolecular Hbond substituents is 1. The first kappa shape index (κ1) is 20.1. The van der Waals surface area contributed by atoms with Gasteiger partial charge in [0.1, 0.15) is 5.75 Å². The first-order valence-electron chi connectivity index (χ1n) is 8.65. The van der Waals surface area contributed by atoms with Crippen LogP contribution in [0.15, 0.2) is 82.8 Å². The summed E-state index contributed by atoms with van der Waals surface area (Å²) in [4.78, 5) is 12.3. The Morgan fingerprint density at radius 1 is 1.00 bits per heavy atom. The van der Waals surface area contributed by atoms with Crippen LogP contribution in [0.3, 0.4) is 0 Å². The lowest BCUT2D eigenvalue weighted by Crippen LogP contribution is -2.18. The number of phenols is 1. The maximum atomic E-state index is 12.4. The highest BCUT2D eigenvalue weighted by Gasteiger charge is 2.14. The number of carbonyl (C=O) groups excluding carboxylic acids is 1. The van der Waals surface area contributed by atoms with E-state index in [9.17, 15) is 18.3 Å². The van der Waals surface area contributed by atoms with Gasteiger partial charge < -0.3 is 5.11 Å². The molecule has 7 nitrogen and oxygen atoms in total. The lowest BCUT2D eigenvalue weighted by molar-refractivity contribution is 0.0955. The molecule has 0 aromatic heterocycles. The monoisotopic (exact) mass is 409 g/mol. The Labute approximate surface area is 168 Å². The fraction of sp³-hybridized carbons (Fsp3) is 0.0476. The average Bonchev–Trinajstić information content (AvgIpc) is 2.68. The highest BCUT2D eigenvalue weighted by Crippen LogP contribution is 2.17. The average molecular weight is 409 g/mol. The van der Waals surface area contributed by atoms with Crippen LogP contribution in [-0.2, 0) is 10.0 Å². The first-order chi connectivity index (χ1) is 13.8.